The molecule has 8 heteroatoms. The Balaban J connectivity index is 2.58. The number of anilines is 1. The van der Waals surface area contributed by atoms with Crippen molar-refractivity contribution in [3.63, 3.8) is 0 Å². The van der Waals surface area contributed by atoms with Gasteiger partial charge >= 0.3 is 0 Å². The number of carbonyl (C=O) groups excluding carboxylic acids is 1. The van der Waals surface area contributed by atoms with Gasteiger partial charge in [-0.2, -0.15) is 18.5 Å². The van der Waals surface area contributed by atoms with Gasteiger partial charge in [0.15, 0.2) is 0 Å². The number of benzene rings is 1. The zero-order valence-corrected chi connectivity index (χ0v) is 11.7. The van der Waals surface area contributed by atoms with Gasteiger partial charge in [0.1, 0.15) is 4.90 Å². The molecule has 1 heterocycles. The van der Waals surface area contributed by atoms with Gasteiger partial charge in [-0.1, -0.05) is 6.07 Å². The maximum Gasteiger partial charge on any atom is 0.295 e. The molecule has 0 radical (unpaired) electrons. The summed E-state index contributed by atoms with van der Waals surface area (Å²) in [6, 6.07) is 4.21. The first kappa shape index (κ1) is 13.2. The summed E-state index contributed by atoms with van der Waals surface area (Å²) >= 11 is 3.07. The smallest absolute Gasteiger partial charge is 0.282 e. The first-order valence-electron chi connectivity index (χ1n) is 4.94. The third-order valence-corrected chi connectivity index (χ3v) is 4.35. The largest absolute Gasteiger partial charge is 0.295 e. The van der Waals surface area contributed by atoms with E-state index in [-0.39, 0.29) is 27.4 Å². The van der Waals surface area contributed by atoms with E-state index in [4.69, 9.17) is 4.55 Å². The Morgan fingerprint density at radius 1 is 1.44 bits per heavy atom. The molecule has 1 N–H and O–H groups in total. The molecule has 0 unspecified atom stereocenters. The molecule has 0 atom stereocenters. The minimum Gasteiger partial charge on any atom is -0.282 e. The number of halogens is 1. The maximum absolute atomic E-state index is 11.7. The molecule has 18 heavy (non-hydrogen) atoms. The molecule has 1 aromatic rings. The number of hydrogen-bond donors (Lipinski definition) is 1. The van der Waals surface area contributed by atoms with Crippen LogP contribution in [-0.4, -0.2) is 24.6 Å². The molecule has 6 nitrogen and oxygen atoms in total. The summed E-state index contributed by atoms with van der Waals surface area (Å²) in [4.78, 5) is 11.4. The number of hydrogen-bond acceptors (Lipinski definition) is 4. The Bertz CT molecular complexity index is 654. The lowest BCUT2D eigenvalue weighted by atomic mass is 10.3. The summed E-state index contributed by atoms with van der Waals surface area (Å²) in [6.45, 7) is 1.71. The van der Waals surface area contributed by atoms with Crippen LogP contribution in [-0.2, 0) is 14.9 Å². The predicted molar refractivity (Wildman–Crippen MR) is 69.2 cm³/mol. The van der Waals surface area contributed by atoms with Gasteiger partial charge < -0.3 is 0 Å². The predicted octanol–water partition coefficient (Wildman–Crippen LogP) is 1.81. The highest BCUT2D eigenvalue weighted by Gasteiger charge is 2.27. The van der Waals surface area contributed by atoms with E-state index in [0.717, 1.165) is 5.01 Å². The second-order valence-corrected chi connectivity index (χ2v) is 5.96. The monoisotopic (exact) mass is 332 g/mol. The lowest BCUT2D eigenvalue weighted by Gasteiger charge is -2.15. The van der Waals surface area contributed by atoms with Crippen LogP contribution < -0.4 is 5.01 Å². The first-order chi connectivity index (χ1) is 8.30. The van der Waals surface area contributed by atoms with Crippen LogP contribution in [0.15, 0.2) is 32.7 Å². The number of amides is 1. The molecular weight excluding hydrogens is 324 g/mol. The van der Waals surface area contributed by atoms with Gasteiger partial charge in [0.05, 0.1) is 16.6 Å². The highest BCUT2D eigenvalue weighted by atomic mass is 79.9. The van der Waals surface area contributed by atoms with Gasteiger partial charge in [0.2, 0.25) is 0 Å². The summed E-state index contributed by atoms with van der Waals surface area (Å²) in [6.07, 6.45) is 0.197. The van der Waals surface area contributed by atoms with Crippen molar-refractivity contribution in [3.05, 3.63) is 22.7 Å². The molecule has 0 spiro atoms. The number of carbonyl (C=O) groups is 1. The Kier molecular flexibility index (Phi) is 3.26. The molecule has 1 aliphatic rings. The molecule has 0 aromatic heterocycles. The zero-order chi connectivity index (χ0) is 13.5. The van der Waals surface area contributed by atoms with E-state index in [0.29, 0.717) is 5.71 Å². The van der Waals surface area contributed by atoms with Crippen molar-refractivity contribution in [1.29, 1.82) is 0 Å². The second kappa shape index (κ2) is 4.45. The maximum atomic E-state index is 11.7. The summed E-state index contributed by atoms with van der Waals surface area (Å²) in [5, 5.41) is 5.14. The quantitative estimate of drug-likeness (QED) is 0.836. The fourth-order valence-electron chi connectivity index (χ4n) is 1.61. The lowest BCUT2D eigenvalue weighted by Crippen LogP contribution is -2.20. The number of hydrazone groups is 1. The second-order valence-electron chi connectivity index (χ2n) is 3.78. The van der Waals surface area contributed by atoms with Crippen molar-refractivity contribution < 1.29 is 17.8 Å². The Hall–Kier alpha value is -1.25. The highest BCUT2D eigenvalue weighted by molar-refractivity contribution is 9.10. The number of rotatable bonds is 2. The van der Waals surface area contributed by atoms with E-state index in [1.165, 1.54) is 12.1 Å². The van der Waals surface area contributed by atoms with Gasteiger partial charge in [-0.3, -0.25) is 9.35 Å². The molecule has 2 rings (SSSR count). The molecule has 1 aliphatic heterocycles. The summed E-state index contributed by atoms with van der Waals surface area (Å²) in [5.74, 6) is -0.249. The van der Waals surface area contributed by atoms with Gasteiger partial charge in [0.25, 0.3) is 16.0 Å². The van der Waals surface area contributed by atoms with Crippen LogP contribution >= 0.6 is 15.9 Å². The Morgan fingerprint density at radius 3 is 2.61 bits per heavy atom. The topological polar surface area (TPSA) is 87.0 Å². The minimum atomic E-state index is -4.35. The summed E-state index contributed by atoms with van der Waals surface area (Å²) in [5.41, 5.74) is 0.927. The fraction of sp³-hybridized carbons (Fsp3) is 0.200. The Labute approximate surface area is 112 Å². The van der Waals surface area contributed by atoms with Crippen molar-refractivity contribution in [3.8, 4) is 0 Å². The first-order valence-corrected chi connectivity index (χ1v) is 7.17. The van der Waals surface area contributed by atoms with Gasteiger partial charge in [-0.05, 0) is 35.0 Å². The van der Waals surface area contributed by atoms with Crippen LogP contribution in [0.2, 0.25) is 0 Å². The van der Waals surface area contributed by atoms with Crippen LogP contribution in [0.4, 0.5) is 5.69 Å². The van der Waals surface area contributed by atoms with E-state index >= 15 is 0 Å². The van der Waals surface area contributed by atoms with Crippen LogP contribution in [0.3, 0.4) is 0 Å². The highest BCUT2D eigenvalue weighted by Crippen LogP contribution is 2.34. The lowest BCUT2D eigenvalue weighted by molar-refractivity contribution is -0.116. The average molecular weight is 333 g/mol. The average Bonchev–Trinajstić information content (AvgIpc) is 2.56. The normalized spacial score (nSPS) is 16.1. The van der Waals surface area contributed by atoms with Crippen LogP contribution in [0.1, 0.15) is 13.3 Å². The van der Waals surface area contributed by atoms with E-state index in [1.807, 2.05) is 0 Å². The molecule has 0 aliphatic carbocycles. The van der Waals surface area contributed by atoms with Crippen LogP contribution in [0.5, 0.6) is 0 Å². The Morgan fingerprint density at radius 2 is 2.11 bits per heavy atom. The third-order valence-electron chi connectivity index (χ3n) is 2.36. The van der Waals surface area contributed by atoms with Crippen molar-refractivity contribution in [2.24, 2.45) is 5.10 Å². The molecular formula is C10H9BrN2O4S. The molecule has 96 valence electrons. The van der Waals surface area contributed by atoms with Gasteiger partial charge in [-0.15, -0.1) is 0 Å². The van der Waals surface area contributed by atoms with Crippen molar-refractivity contribution >= 4 is 43.4 Å². The van der Waals surface area contributed by atoms with E-state index in [2.05, 4.69) is 21.0 Å². The zero-order valence-electron chi connectivity index (χ0n) is 9.29. The molecule has 1 amide bonds. The van der Waals surface area contributed by atoms with Gasteiger partial charge in [0, 0.05) is 5.71 Å². The van der Waals surface area contributed by atoms with Crippen molar-refractivity contribution in [2.45, 2.75) is 18.2 Å². The van der Waals surface area contributed by atoms with E-state index in [1.54, 1.807) is 13.0 Å². The number of nitrogens with zero attached hydrogens (tertiary/aromatic N) is 2. The van der Waals surface area contributed by atoms with Crippen molar-refractivity contribution in [1.82, 2.24) is 0 Å². The molecule has 0 fully saturated rings. The van der Waals surface area contributed by atoms with E-state index < -0.39 is 10.1 Å². The molecule has 0 saturated heterocycles. The SMILES string of the molecule is CC1=NN(c2cccc(S(=O)(=O)O)c2Br)C(=O)C1. The third kappa shape index (κ3) is 2.31. The molecule has 0 bridgehead atoms. The molecule has 1 aromatic carbocycles. The summed E-state index contributed by atoms with van der Waals surface area (Å²) in [7, 11) is -4.35. The summed E-state index contributed by atoms with van der Waals surface area (Å²) < 4.78 is 31.5. The van der Waals surface area contributed by atoms with Crippen LogP contribution in [0, 0.1) is 0 Å². The van der Waals surface area contributed by atoms with Gasteiger partial charge in [-0.25, -0.2) is 0 Å². The van der Waals surface area contributed by atoms with Crippen LogP contribution in [0.25, 0.3) is 0 Å². The van der Waals surface area contributed by atoms with Crippen molar-refractivity contribution in [2.75, 3.05) is 5.01 Å². The fourth-order valence-corrected chi connectivity index (χ4v) is 3.23. The standard InChI is InChI=1S/C10H9BrN2O4S/c1-6-5-9(14)13(12-6)7-3-2-4-8(10(7)11)18(15,16)17/h2-4H,5H2,1H3,(H,15,16,17). The molecule has 0 saturated carbocycles. The minimum absolute atomic E-state index is 0.110. The van der Waals surface area contributed by atoms with E-state index in [9.17, 15) is 13.2 Å².